The minimum Gasteiger partial charge on any atom is -0.0925 e. The molecule has 0 unspecified atom stereocenters. The third kappa shape index (κ3) is 3.61. The van der Waals surface area contributed by atoms with E-state index in [1.807, 2.05) is 18.2 Å². The molecule has 0 aromatic heterocycles. The van der Waals surface area contributed by atoms with E-state index in [9.17, 15) is 0 Å². The molecule has 1 aromatic carbocycles. The predicted molar refractivity (Wildman–Crippen MR) is 66.2 cm³/mol. The molecule has 3 heteroatoms. The van der Waals surface area contributed by atoms with Gasteiger partial charge in [0.2, 0.25) is 0 Å². The number of hydrogen-bond donors (Lipinski definition) is 0. The van der Waals surface area contributed by atoms with Gasteiger partial charge in [-0.25, -0.2) is 0 Å². The first-order valence-electron chi connectivity index (χ1n) is 4.13. The molecule has 0 saturated carbocycles. The molecule has 0 aliphatic rings. The number of halogens is 3. The van der Waals surface area contributed by atoms with Crippen LogP contribution in [0.2, 0.25) is 5.02 Å². The number of rotatable bonds is 4. The lowest BCUT2D eigenvalue weighted by molar-refractivity contribution is 0.680. The summed E-state index contributed by atoms with van der Waals surface area (Å²) in [6.07, 6.45) is 1.02. The molecule has 1 aromatic rings. The van der Waals surface area contributed by atoms with E-state index < -0.39 is 0 Å². The number of hydrogen-bond acceptors (Lipinski definition) is 0. The summed E-state index contributed by atoms with van der Waals surface area (Å²) in [7, 11) is 0. The smallest absolute Gasteiger partial charge is 0.0438 e. The minimum atomic E-state index is 0.611. The van der Waals surface area contributed by atoms with Crippen LogP contribution in [0.4, 0.5) is 0 Å². The Labute approximate surface area is 101 Å². The van der Waals surface area contributed by atoms with Crippen LogP contribution in [-0.4, -0.2) is 10.7 Å². The van der Waals surface area contributed by atoms with Gasteiger partial charge in [0, 0.05) is 15.7 Å². The Morgan fingerprint density at radius 1 is 1.15 bits per heavy atom. The summed E-state index contributed by atoms with van der Waals surface area (Å²) in [5.41, 5.74) is 1.23. The molecule has 0 amide bonds. The van der Waals surface area contributed by atoms with Crippen LogP contribution in [0.3, 0.4) is 0 Å². The quantitative estimate of drug-likeness (QED) is 0.724. The molecule has 0 bridgehead atoms. The van der Waals surface area contributed by atoms with Crippen molar-refractivity contribution in [1.82, 2.24) is 0 Å². The molecule has 0 heterocycles. The second kappa shape index (κ2) is 6.05. The van der Waals surface area contributed by atoms with Gasteiger partial charge in [-0.05, 0) is 24.0 Å². The SMILES string of the molecule is Clc1ccccc1CC(CBr)CBr. The Hall–Kier alpha value is 0.470. The molecule has 72 valence electrons. The Balaban J connectivity index is 2.67. The Kier molecular flexibility index (Phi) is 5.37. The Bertz CT molecular complexity index is 259. The fourth-order valence-corrected chi connectivity index (χ4v) is 2.87. The molecular formula is C10H11Br2Cl. The van der Waals surface area contributed by atoms with Crippen molar-refractivity contribution in [2.75, 3.05) is 10.7 Å². The minimum absolute atomic E-state index is 0.611. The van der Waals surface area contributed by atoms with Gasteiger partial charge in [0.1, 0.15) is 0 Å². The van der Waals surface area contributed by atoms with Gasteiger partial charge in [-0.1, -0.05) is 61.7 Å². The lowest BCUT2D eigenvalue weighted by atomic mass is 10.0. The van der Waals surface area contributed by atoms with E-state index in [-0.39, 0.29) is 0 Å². The average Bonchev–Trinajstić information content (AvgIpc) is 2.17. The first kappa shape index (κ1) is 11.5. The molecule has 0 aliphatic carbocycles. The summed E-state index contributed by atoms with van der Waals surface area (Å²) in [5.74, 6) is 0.611. The van der Waals surface area contributed by atoms with Crippen LogP contribution in [0.25, 0.3) is 0 Å². The van der Waals surface area contributed by atoms with Crippen LogP contribution in [-0.2, 0) is 6.42 Å². The highest BCUT2D eigenvalue weighted by Gasteiger charge is 2.08. The number of alkyl halides is 2. The lowest BCUT2D eigenvalue weighted by Gasteiger charge is -2.11. The topological polar surface area (TPSA) is 0 Å². The van der Waals surface area contributed by atoms with E-state index in [4.69, 9.17) is 11.6 Å². The van der Waals surface area contributed by atoms with Crippen molar-refractivity contribution in [3.05, 3.63) is 34.9 Å². The van der Waals surface area contributed by atoms with Crippen LogP contribution in [0, 0.1) is 5.92 Å². The highest BCUT2D eigenvalue weighted by molar-refractivity contribution is 9.09. The van der Waals surface area contributed by atoms with Crippen molar-refractivity contribution in [3.63, 3.8) is 0 Å². The van der Waals surface area contributed by atoms with E-state index in [1.54, 1.807) is 0 Å². The Morgan fingerprint density at radius 2 is 1.77 bits per heavy atom. The largest absolute Gasteiger partial charge is 0.0925 e. The molecule has 0 fully saturated rings. The summed E-state index contributed by atoms with van der Waals surface area (Å²) in [6.45, 7) is 0. The van der Waals surface area contributed by atoms with Crippen molar-refractivity contribution in [3.8, 4) is 0 Å². The fourth-order valence-electron chi connectivity index (χ4n) is 1.13. The first-order chi connectivity index (χ1) is 6.27. The first-order valence-corrected chi connectivity index (χ1v) is 6.75. The fraction of sp³-hybridized carbons (Fsp3) is 0.400. The van der Waals surface area contributed by atoms with Gasteiger partial charge in [-0.3, -0.25) is 0 Å². The van der Waals surface area contributed by atoms with Gasteiger partial charge in [0.15, 0.2) is 0 Å². The summed E-state index contributed by atoms with van der Waals surface area (Å²) in [4.78, 5) is 0. The van der Waals surface area contributed by atoms with Crippen LogP contribution < -0.4 is 0 Å². The van der Waals surface area contributed by atoms with Crippen LogP contribution in [0.1, 0.15) is 5.56 Å². The van der Waals surface area contributed by atoms with Crippen molar-refractivity contribution in [2.24, 2.45) is 5.92 Å². The van der Waals surface area contributed by atoms with Gasteiger partial charge < -0.3 is 0 Å². The molecular weight excluding hydrogens is 315 g/mol. The second-order valence-electron chi connectivity index (χ2n) is 2.97. The van der Waals surface area contributed by atoms with Gasteiger partial charge in [-0.2, -0.15) is 0 Å². The summed E-state index contributed by atoms with van der Waals surface area (Å²) >= 11 is 13.0. The zero-order chi connectivity index (χ0) is 9.68. The van der Waals surface area contributed by atoms with Gasteiger partial charge >= 0.3 is 0 Å². The molecule has 1 rings (SSSR count). The second-order valence-corrected chi connectivity index (χ2v) is 4.67. The van der Waals surface area contributed by atoms with Crippen molar-refractivity contribution in [1.29, 1.82) is 0 Å². The van der Waals surface area contributed by atoms with E-state index >= 15 is 0 Å². The molecule has 0 saturated heterocycles. The van der Waals surface area contributed by atoms with E-state index in [2.05, 4.69) is 37.9 Å². The zero-order valence-corrected chi connectivity index (χ0v) is 11.1. The van der Waals surface area contributed by atoms with Crippen LogP contribution >= 0.6 is 43.5 Å². The summed E-state index contributed by atoms with van der Waals surface area (Å²) in [5, 5.41) is 2.88. The third-order valence-electron chi connectivity index (χ3n) is 1.90. The normalized spacial score (nSPS) is 10.8. The molecule has 0 aliphatic heterocycles. The summed E-state index contributed by atoms with van der Waals surface area (Å²) < 4.78 is 0. The van der Waals surface area contributed by atoms with Crippen LogP contribution in [0.15, 0.2) is 24.3 Å². The van der Waals surface area contributed by atoms with E-state index in [0.29, 0.717) is 5.92 Å². The van der Waals surface area contributed by atoms with Crippen molar-refractivity contribution in [2.45, 2.75) is 6.42 Å². The number of benzene rings is 1. The van der Waals surface area contributed by atoms with Crippen LogP contribution in [0.5, 0.6) is 0 Å². The molecule has 13 heavy (non-hydrogen) atoms. The maximum atomic E-state index is 6.05. The van der Waals surface area contributed by atoms with Gasteiger partial charge in [0.05, 0.1) is 0 Å². The van der Waals surface area contributed by atoms with Crippen molar-refractivity contribution < 1.29 is 0 Å². The lowest BCUT2D eigenvalue weighted by Crippen LogP contribution is -2.07. The molecule has 0 N–H and O–H groups in total. The maximum Gasteiger partial charge on any atom is 0.0438 e. The molecule has 0 nitrogen and oxygen atoms in total. The Morgan fingerprint density at radius 3 is 2.31 bits per heavy atom. The average molecular weight is 326 g/mol. The highest BCUT2D eigenvalue weighted by atomic mass is 79.9. The maximum absolute atomic E-state index is 6.05. The molecule has 0 radical (unpaired) electrons. The molecule has 0 spiro atoms. The standard InChI is InChI=1S/C10H11Br2Cl/c11-6-8(7-12)5-9-3-1-2-4-10(9)13/h1-4,8H,5-7H2. The third-order valence-corrected chi connectivity index (χ3v) is 4.10. The van der Waals surface area contributed by atoms with E-state index in [1.165, 1.54) is 5.56 Å². The predicted octanol–water partition coefficient (Wildman–Crippen LogP) is 4.29. The summed E-state index contributed by atoms with van der Waals surface area (Å²) in [6, 6.07) is 8.01. The van der Waals surface area contributed by atoms with Gasteiger partial charge in [0.25, 0.3) is 0 Å². The highest BCUT2D eigenvalue weighted by Crippen LogP contribution is 2.20. The van der Waals surface area contributed by atoms with Gasteiger partial charge in [-0.15, -0.1) is 0 Å². The van der Waals surface area contributed by atoms with E-state index in [0.717, 1.165) is 22.1 Å². The molecule has 0 atom stereocenters. The monoisotopic (exact) mass is 324 g/mol. The zero-order valence-electron chi connectivity index (χ0n) is 7.14. The van der Waals surface area contributed by atoms with Crippen molar-refractivity contribution >= 4 is 43.5 Å².